The molecule has 6 aliphatic rings. The molecule has 0 radical (unpaired) electrons. The molecule has 2 nitrogen and oxygen atoms in total. The predicted octanol–water partition coefficient (Wildman–Crippen LogP) is 33.1. The van der Waals surface area contributed by atoms with Gasteiger partial charge in [0.2, 0.25) is 0 Å². The molecule has 0 aliphatic heterocycles. The molecule has 8 heteroatoms. The summed E-state index contributed by atoms with van der Waals surface area (Å²) in [6.45, 7) is 8.52. The monoisotopic (exact) mass is 1720 g/mol. The van der Waals surface area contributed by atoms with Crippen molar-refractivity contribution in [2.24, 2.45) is 0 Å². The number of hydrogen-bond donors (Lipinski definition) is 0. The van der Waals surface area contributed by atoms with Crippen LogP contribution in [0.15, 0.2) is 400 Å². The Bertz CT molecular complexity index is 5960. The van der Waals surface area contributed by atoms with E-state index < -0.39 is 0 Å². The van der Waals surface area contributed by atoms with Crippen LogP contribution in [0.4, 0.5) is 26.3 Å². The SMILES string of the molecule is Cc1ccc(-c2ccccc2)cc1.Cc1ccc(-c2ccccc2)cc1.Cc1ccc2c(c1)Cc1ccccc1-2.Cc1ccc2c(c1)Cc1ccccc1-2.Fc1ccc2c(c1)C=CC2.Fc1ccccc1C1CCCCC1.O=C(c1ccccc1)c1ccc(F)cc1.O=C(c1ccccc1)c1ccc([18F])cc1.[18F]c1ccc2c(c1)C=CC2.[18F]c1ccccc1C1CCCCC1. The molecule has 22 rings (SSSR count). The van der Waals surface area contributed by atoms with E-state index in [1.54, 1.807) is 84.9 Å². The van der Waals surface area contributed by atoms with Gasteiger partial charge >= 0.3 is 0 Å². The molecule has 0 amide bonds. The van der Waals surface area contributed by atoms with Crippen molar-refractivity contribution < 1.29 is 35.9 Å². The third-order valence-corrected chi connectivity index (χ3v) is 23.9. The zero-order chi connectivity index (χ0) is 90.8. The number of allylic oxidation sites excluding steroid dienone is 2. The first kappa shape index (κ1) is 93.6. The smallest absolute Gasteiger partial charge is 0.193 e. The Morgan fingerprint density at radius 1 is 0.238 bits per heavy atom. The summed E-state index contributed by atoms with van der Waals surface area (Å²) in [6.07, 6.45) is 24.5. The van der Waals surface area contributed by atoms with Crippen molar-refractivity contribution >= 4 is 23.7 Å². The predicted molar refractivity (Wildman–Crippen MR) is 527 cm³/mol. The number of hydrogen-bond acceptors (Lipinski definition) is 2. The largest absolute Gasteiger partial charge is 0.289 e. The van der Waals surface area contributed by atoms with Gasteiger partial charge in [0, 0.05) is 22.3 Å². The second-order valence-electron chi connectivity index (χ2n) is 33.5. The average Bonchev–Trinajstić information content (AvgIpc) is 1.64. The second kappa shape index (κ2) is 48.2. The van der Waals surface area contributed by atoms with Gasteiger partial charge in [-0.05, 0) is 276 Å². The summed E-state index contributed by atoms with van der Waals surface area (Å²) >= 11 is 0. The van der Waals surface area contributed by atoms with Crippen molar-refractivity contribution in [3.8, 4) is 44.5 Å². The van der Waals surface area contributed by atoms with Gasteiger partial charge in [0.05, 0.1) is 0 Å². The van der Waals surface area contributed by atoms with Crippen LogP contribution in [0.1, 0.15) is 186 Å². The maximum absolute atomic E-state index is 13.4. The molecule has 652 valence electrons. The average molecular weight is 1720 g/mol. The van der Waals surface area contributed by atoms with Gasteiger partial charge < -0.3 is 0 Å². The molecule has 0 bridgehead atoms. The minimum Gasteiger partial charge on any atom is -0.289 e. The van der Waals surface area contributed by atoms with Crippen LogP contribution in [0.25, 0.3) is 56.7 Å². The number of benzene rings is 16. The molecule has 130 heavy (non-hydrogen) atoms. The van der Waals surface area contributed by atoms with Crippen LogP contribution in [0.2, 0.25) is 0 Å². The first-order valence-electron chi connectivity index (χ1n) is 45.1. The van der Waals surface area contributed by atoms with E-state index in [1.807, 2.05) is 85.0 Å². The van der Waals surface area contributed by atoms with E-state index in [4.69, 9.17) is 0 Å². The number of aryl methyl sites for hydroxylation is 4. The Balaban J connectivity index is 0.000000123. The molecule has 0 unspecified atom stereocenters. The topological polar surface area (TPSA) is 34.1 Å². The molecule has 0 saturated heterocycles. The van der Waals surface area contributed by atoms with Crippen molar-refractivity contribution in [2.75, 3.05) is 0 Å². The van der Waals surface area contributed by atoms with Crippen LogP contribution in [-0.4, -0.2) is 11.6 Å². The summed E-state index contributed by atoms with van der Waals surface area (Å²) < 4.78 is 77.1. The van der Waals surface area contributed by atoms with Gasteiger partial charge in [-0.1, -0.05) is 388 Å². The van der Waals surface area contributed by atoms with Crippen LogP contribution in [0.5, 0.6) is 0 Å². The van der Waals surface area contributed by atoms with E-state index in [0.29, 0.717) is 34.1 Å². The quantitative estimate of drug-likeness (QED) is 0.112. The summed E-state index contributed by atoms with van der Waals surface area (Å²) in [6, 6.07) is 122. The van der Waals surface area contributed by atoms with Gasteiger partial charge in [-0.15, -0.1) is 0 Å². The number of carbonyl (C=O) groups is 2. The fourth-order valence-electron chi connectivity index (χ4n) is 16.9. The minimum atomic E-state index is -0.334. The number of ketones is 2. The van der Waals surface area contributed by atoms with E-state index in [2.05, 4.69) is 210 Å². The molecular weight excluding hydrogens is 1610 g/mol. The highest BCUT2D eigenvalue weighted by atomic mass is 19.1. The standard InChI is InChI=1S/2C14H12.2C13H9FO.2C13H12.2C12H15F.2C9H7F/c2*1-10-6-7-14-12(8-10)9-11-4-2-3-5-13(11)14;2*14-12-8-6-11(7-9-12)13(15)10-4-2-1-3-5-10;2*1-11-7-9-13(10-8-11)12-5-3-2-4-6-12;2*13-12-9-5-4-8-11(12)10-6-2-1-3-7-10;2*10-9-5-4-7-2-1-3-8(7)6-9/h2*2-8H,9H2,1H3;2*1-9H;2*2-10H,1H3;2*4-5,8-10H,1-3,6-7H2;2*1,3-6H,2H2/i;;14-1;;;;13-1;;10-1;. The third kappa shape index (κ3) is 27.5. The van der Waals surface area contributed by atoms with Gasteiger partial charge in [-0.2, -0.15) is 0 Å². The first-order chi connectivity index (χ1) is 63.4. The lowest BCUT2D eigenvalue weighted by Gasteiger charge is -2.22. The van der Waals surface area contributed by atoms with E-state index >= 15 is 0 Å². The Kier molecular flexibility index (Phi) is 34.7. The van der Waals surface area contributed by atoms with Crippen molar-refractivity contribution in [1.82, 2.24) is 0 Å². The van der Waals surface area contributed by atoms with E-state index in [9.17, 15) is 35.9 Å². The fraction of sp³-hybridized carbons (Fsp3) is 0.164. The highest BCUT2D eigenvalue weighted by molar-refractivity contribution is 6.09. The van der Waals surface area contributed by atoms with E-state index in [0.717, 1.165) is 47.9 Å². The van der Waals surface area contributed by atoms with E-state index in [1.165, 1.54) is 225 Å². The Labute approximate surface area is 764 Å². The molecular formula is C122H110F6O2. The summed E-state index contributed by atoms with van der Waals surface area (Å²) in [5.41, 5.74) is 30.6. The van der Waals surface area contributed by atoms with Crippen molar-refractivity contribution in [3.05, 3.63) is 535 Å². The Morgan fingerprint density at radius 3 is 0.892 bits per heavy atom. The molecule has 2 fully saturated rings. The number of carbonyl (C=O) groups excluding carboxylic acids is 2. The van der Waals surface area contributed by atoms with Gasteiger partial charge in [-0.25, -0.2) is 26.3 Å². The molecule has 0 aromatic heterocycles. The van der Waals surface area contributed by atoms with Crippen LogP contribution in [-0.2, 0) is 25.7 Å². The van der Waals surface area contributed by atoms with Crippen molar-refractivity contribution in [1.29, 1.82) is 0 Å². The van der Waals surface area contributed by atoms with Gasteiger partial charge in [0.25, 0.3) is 0 Å². The maximum atomic E-state index is 13.4. The fourth-order valence-corrected chi connectivity index (χ4v) is 16.9. The highest BCUT2D eigenvalue weighted by Crippen LogP contribution is 2.40. The lowest BCUT2D eigenvalue weighted by atomic mass is 9.84. The highest BCUT2D eigenvalue weighted by Gasteiger charge is 2.22. The zero-order valence-electron chi connectivity index (χ0n) is 74.4. The molecule has 0 spiro atoms. The minimum absolute atomic E-state index is 0.0191. The van der Waals surface area contributed by atoms with Crippen LogP contribution in [0, 0.1) is 62.6 Å². The van der Waals surface area contributed by atoms with Crippen LogP contribution < -0.4 is 0 Å². The van der Waals surface area contributed by atoms with E-state index in [-0.39, 0.29) is 46.5 Å². The second-order valence-corrected chi connectivity index (χ2v) is 33.5. The molecule has 0 heterocycles. The molecule has 0 atom stereocenters. The molecule has 16 aromatic rings. The van der Waals surface area contributed by atoms with Crippen molar-refractivity contribution in [3.63, 3.8) is 0 Å². The summed E-state index contributed by atoms with van der Waals surface area (Å²) in [7, 11) is 0. The third-order valence-electron chi connectivity index (χ3n) is 23.9. The van der Waals surface area contributed by atoms with Gasteiger partial charge in [0.15, 0.2) is 11.6 Å². The van der Waals surface area contributed by atoms with Crippen LogP contribution >= 0.6 is 0 Å². The molecule has 16 aromatic carbocycles. The normalized spacial score (nSPS) is 12.8. The zero-order valence-corrected chi connectivity index (χ0v) is 74.4. The lowest BCUT2D eigenvalue weighted by Crippen LogP contribution is -2.06. The number of rotatable bonds is 8. The van der Waals surface area contributed by atoms with Crippen LogP contribution in [0.3, 0.4) is 0 Å². The first-order valence-corrected chi connectivity index (χ1v) is 45.1. The number of fused-ring (bicyclic) bond motifs is 8. The molecule has 0 N–H and O–H groups in total. The van der Waals surface area contributed by atoms with Gasteiger partial charge in [-0.3, -0.25) is 9.59 Å². The Hall–Kier alpha value is -14.1. The lowest BCUT2D eigenvalue weighted by molar-refractivity contribution is 0.103. The Morgan fingerprint density at radius 2 is 0.531 bits per heavy atom. The maximum Gasteiger partial charge on any atom is 0.193 e. The molecule has 2 saturated carbocycles. The molecule has 6 aliphatic carbocycles. The van der Waals surface area contributed by atoms with Crippen molar-refractivity contribution in [2.45, 2.75) is 129 Å². The summed E-state index contributed by atoms with van der Waals surface area (Å²) in [4.78, 5) is 23.7. The summed E-state index contributed by atoms with van der Waals surface area (Å²) in [5, 5.41) is 0. The number of halogens is 6. The van der Waals surface area contributed by atoms with Gasteiger partial charge in [0.1, 0.15) is 34.9 Å². The summed E-state index contributed by atoms with van der Waals surface area (Å²) in [5.74, 6) is -0.213.